The first-order valence-corrected chi connectivity index (χ1v) is 10.6. The molecule has 1 N–H and O–H groups in total. The van der Waals surface area contributed by atoms with Gasteiger partial charge >= 0.3 is 6.18 Å². The third-order valence-electron chi connectivity index (χ3n) is 4.79. The highest BCUT2D eigenvalue weighted by atomic mass is 32.2. The average molecular weight is 449 g/mol. The number of thioether (sulfide) groups is 1. The van der Waals surface area contributed by atoms with E-state index in [0.29, 0.717) is 12.2 Å². The number of aryl methyl sites for hydroxylation is 2. The number of hydrogen-bond acceptors (Lipinski definition) is 4. The van der Waals surface area contributed by atoms with Gasteiger partial charge in [0.1, 0.15) is 5.25 Å². The molecule has 0 spiro atoms. The van der Waals surface area contributed by atoms with Gasteiger partial charge in [0.25, 0.3) is 0 Å². The minimum Gasteiger partial charge on any atom is -0.325 e. The molecule has 0 saturated carbocycles. The lowest BCUT2D eigenvalue weighted by molar-refractivity contribution is -0.137. The van der Waals surface area contributed by atoms with Crippen LogP contribution in [0.15, 0.2) is 47.5 Å². The second-order valence-corrected chi connectivity index (χ2v) is 8.37. The van der Waals surface area contributed by atoms with E-state index in [1.54, 1.807) is 13.0 Å². The number of anilines is 1. The topological polar surface area (TPSA) is 61.8 Å². The number of carbonyl (C=O) groups is 2. The fraction of sp³-hybridized carbons (Fsp3) is 0.318. The number of halogens is 3. The molecule has 5 nitrogen and oxygen atoms in total. The lowest BCUT2D eigenvalue weighted by atomic mass is 10.1. The lowest BCUT2D eigenvalue weighted by Crippen LogP contribution is -2.45. The summed E-state index contributed by atoms with van der Waals surface area (Å²) in [5.41, 5.74) is 1.85. The number of amidine groups is 1. The normalized spacial score (nSPS) is 18.4. The first kappa shape index (κ1) is 22.9. The Labute approximate surface area is 182 Å². The molecule has 164 valence electrons. The van der Waals surface area contributed by atoms with E-state index < -0.39 is 17.0 Å². The summed E-state index contributed by atoms with van der Waals surface area (Å²) in [5, 5.41) is 2.31. The number of rotatable bonds is 4. The highest BCUT2D eigenvalue weighted by molar-refractivity contribution is 8.15. The van der Waals surface area contributed by atoms with Crippen LogP contribution in [-0.2, 0) is 15.8 Å². The van der Waals surface area contributed by atoms with E-state index in [0.717, 1.165) is 35.0 Å². The number of carbonyl (C=O) groups excluding carboxylic acids is 2. The molecule has 0 bridgehead atoms. The molecular weight excluding hydrogens is 427 g/mol. The van der Waals surface area contributed by atoms with Gasteiger partial charge in [-0.1, -0.05) is 35.5 Å². The SMILES string of the molecule is CCN1C(=O)CC(C(=O)Nc2ccc(C)cc2C)SC1=Nc1cccc(C(F)(F)F)c1. The molecule has 1 unspecified atom stereocenters. The first-order chi connectivity index (χ1) is 14.6. The highest BCUT2D eigenvalue weighted by Gasteiger charge is 2.35. The lowest BCUT2D eigenvalue weighted by Gasteiger charge is -2.31. The van der Waals surface area contributed by atoms with E-state index in [9.17, 15) is 22.8 Å². The number of aliphatic imine (C=N–C) groups is 1. The predicted octanol–water partition coefficient (Wildman–Crippen LogP) is 5.30. The van der Waals surface area contributed by atoms with Crippen molar-refractivity contribution in [2.75, 3.05) is 11.9 Å². The van der Waals surface area contributed by atoms with Crippen LogP contribution in [0.2, 0.25) is 0 Å². The van der Waals surface area contributed by atoms with Crippen molar-refractivity contribution in [2.24, 2.45) is 4.99 Å². The minimum atomic E-state index is -4.50. The number of alkyl halides is 3. The summed E-state index contributed by atoms with van der Waals surface area (Å²) in [6.45, 7) is 5.87. The van der Waals surface area contributed by atoms with Crippen LogP contribution in [0.5, 0.6) is 0 Å². The molecule has 2 aromatic carbocycles. The molecule has 1 heterocycles. The molecule has 1 fully saturated rings. The summed E-state index contributed by atoms with van der Waals surface area (Å²) in [5.74, 6) is -0.648. The Morgan fingerprint density at radius 3 is 2.61 bits per heavy atom. The Kier molecular flexibility index (Phi) is 6.74. The molecular formula is C22H22F3N3O2S. The van der Waals surface area contributed by atoms with Gasteiger partial charge in [-0.25, -0.2) is 4.99 Å². The van der Waals surface area contributed by atoms with Crippen LogP contribution < -0.4 is 5.32 Å². The summed E-state index contributed by atoms with van der Waals surface area (Å²) in [7, 11) is 0. The van der Waals surface area contributed by atoms with Crippen molar-refractivity contribution in [1.82, 2.24) is 4.90 Å². The Bertz CT molecular complexity index is 1040. The van der Waals surface area contributed by atoms with Crippen LogP contribution in [0.3, 0.4) is 0 Å². The number of benzene rings is 2. The van der Waals surface area contributed by atoms with Gasteiger partial charge in [0.05, 0.1) is 11.3 Å². The standard InChI is InChI=1S/C22H22F3N3O2S/c1-4-28-19(29)12-18(20(30)27-17-9-8-13(2)10-14(17)3)31-21(28)26-16-7-5-6-15(11-16)22(23,24)25/h5-11,18H,4,12H2,1-3H3,(H,27,30). The van der Waals surface area contributed by atoms with E-state index >= 15 is 0 Å². The van der Waals surface area contributed by atoms with Crippen LogP contribution >= 0.6 is 11.8 Å². The molecule has 0 aliphatic carbocycles. The van der Waals surface area contributed by atoms with E-state index in [-0.39, 0.29) is 29.1 Å². The third kappa shape index (κ3) is 5.46. The Balaban J connectivity index is 1.85. The van der Waals surface area contributed by atoms with Crippen molar-refractivity contribution >= 4 is 40.1 Å². The van der Waals surface area contributed by atoms with Crippen molar-refractivity contribution in [1.29, 1.82) is 0 Å². The monoisotopic (exact) mass is 449 g/mol. The van der Waals surface area contributed by atoms with E-state index in [4.69, 9.17) is 0 Å². The quantitative estimate of drug-likeness (QED) is 0.689. The average Bonchev–Trinajstić information content (AvgIpc) is 2.69. The third-order valence-corrected chi connectivity index (χ3v) is 5.97. The van der Waals surface area contributed by atoms with Gasteiger partial charge in [0.15, 0.2) is 5.17 Å². The van der Waals surface area contributed by atoms with Gasteiger partial charge in [0, 0.05) is 18.7 Å². The maximum Gasteiger partial charge on any atom is 0.416 e. The van der Waals surface area contributed by atoms with Crippen LogP contribution in [0.4, 0.5) is 24.5 Å². The fourth-order valence-corrected chi connectivity index (χ4v) is 4.34. The van der Waals surface area contributed by atoms with Gasteiger partial charge in [-0.05, 0) is 50.6 Å². The highest BCUT2D eigenvalue weighted by Crippen LogP contribution is 2.34. The number of hydrogen-bond donors (Lipinski definition) is 1. The zero-order valence-corrected chi connectivity index (χ0v) is 18.1. The van der Waals surface area contributed by atoms with Gasteiger partial charge < -0.3 is 5.32 Å². The van der Waals surface area contributed by atoms with Gasteiger partial charge in [-0.3, -0.25) is 14.5 Å². The van der Waals surface area contributed by atoms with Crippen LogP contribution in [-0.4, -0.2) is 33.7 Å². The first-order valence-electron chi connectivity index (χ1n) is 9.69. The second kappa shape index (κ2) is 9.13. The molecule has 2 amide bonds. The molecule has 1 aliphatic heterocycles. The minimum absolute atomic E-state index is 0.0170. The molecule has 31 heavy (non-hydrogen) atoms. The van der Waals surface area contributed by atoms with Crippen LogP contribution in [0.25, 0.3) is 0 Å². The second-order valence-electron chi connectivity index (χ2n) is 7.20. The van der Waals surface area contributed by atoms with Crippen molar-refractivity contribution in [3.8, 4) is 0 Å². The maximum absolute atomic E-state index is 13.0. The molecule has 0 radical (unpaired) electrons. The summed E-state index contributed by atoms with van der Waals surface area (Å²) in [6, 6.07) is 10.2. The zero-order valence-electron chi connectivity index (χ0n) is 17.3. The van der Waals surface area contributed by atoms with E-state index in [1.807, 2.05) is 26.0 Å². The van der Waals surface area contributed by atoms with Crippen molar-refractivity contribution < 1.29 is 22.8 Å². The van der Waals surface area contributed by atoms with Crippen LogP contribution in [0.1, 0.15) is 30.0 Å². The summed E-state index contributed by atoms with van der Waals surface area (Å²) in [4.78, 5) is 31.1. The Morgan fingerprint density at radius 1 is 1.23 bits per heavy atom. The summed E-state index contributed by atoms with van der Waals surface area (Å²) >= 11 is 1.07. The molecule has 1 saturated heterocycles. The van der Waals surface area contributed by atoms with E-state index in [2.05, 4.69) is 10.3 Å². The smallest absolute Gasteiger partial charge is 0.325 e. The molecule has 1 atom stereocenters. The largest absolute Gasteiger partial charge is 0.416 e. The number of amides is 2. The summed E-state index contributed by atoms with van der Waals surface area (Å²) in [6.07, 6.45) is -4.51. The molecule has 9 heteroatoms. The number of nitrogens with one attached hydrogen (secondary N) is 1. The Morgan fingerprint density at radius 2 is 1.97 bits per heavy atom. The van der Waals surface area contributed by atoms with Gasteiger partial charge in [0.2, 0.25) is 11.8 Å². The molecule has 0 aromatic heterocycles. The van der Waals surface area contributed by atoms with Gasteiger partial charge in [-0.15, -0.1) is 0 Å². The van der Waals surface area contributed by atoms with E-state index in [1.165, 1.54) is 17.0 Å². The van der Waals surface area contributed by atoms with Crippen molar-refractivity contribution in [3.05, 3.63) is 59.2 Å². The maximum atomic E-state index is 13.0. The molecule has 1 aliphatic rings. The van der Waals surface area contributed by atoms with Crippen molar-refractivity contribution in [3.63, 3.8) is 0 Å². The molecule has 3 rings (SSSR count). The predicted molar refractivity (Wildman–Crippen MR) is 116 cm³/mol. The fourth-order valence-electron chi connectivity index (χ4n) is 3.18. The molecule has 2 aromatic rings. The van der Waals surface area contributed by atoms with Crippen LogP contribution in [0, 0.1) is 13.8 Å². The van der Waals surface area contributed by atoms with Gasteiger partial charge in [-0.2, -0.15) is 13.2 Å². The zero-order chi connectivity index (χ0) is 22.8. The Hall–Kier alpha value is -2.81. The van der Waals surface area contributed by atoms with Crippen molar-refractivity contribution in [2.45, 2.75) is 38.6 Å². The summed E-state index contributed by atoms with van der Waals surface area (Å²) < 4.78 is 39.0. The number of nitrogens with zero attached hydrogens (tertiary/aromatic N) is 2.